The van der Waals surface area contributed by atoms with Gasteiger partial charge in [-0.25, -0.2) is 4.79 Å². The second-order valence-electron chi connectivity index (χ2n) is 8.88. The fourth-order valence-corrected chi connectivity index (χ4v) is 4.99. The zero-order valence-corrected chi connectivity index (χ0v) is 17.6. The molecule has 0 spiro atoms. The van der Waals surface area contributed by atoms with E-state index in [0.717, 1.165) is 45.4 Å². The first kappa shape index (κ1) is 20.2. The fraction of sp³-hybridized carbons (Fsp3) is 0.652. The Morgan fingerprint density at radius 1 is 1.07 bits per heavy atom. The van der Waals surface area contributed by atoms with Crippen LogP contribution in [0.25, 0.3) is 0 Å². The van der Waals surface area contributed by atoms with Gasteiger partial charge in [0, 0.05) is 45.3 Å². The number of aryl methyl sites for hydroxylation is 1. The molecule has 1 saturated carbocycles. The number of nitrogens with zero attached hydrogens (tertiary/aromatic N) is 3. The lowest BCUT2D eigenvalue weighted by molar-refractivity contribution is -0.142. The Bertz CT molecular complexity index is 731. The third kappa shape index (κ3) is 4.92. The van der Waals surface area contributed by atoms with E-state index in [9.17, 15) is 9.59 Å². The van der Waals surface area contributed by atoms with Crippen molar-refractivity contribution in [2.45, 2.75) is 64.1 Å². The van der Waals surface area contributed by atoms with Crippen molar-refractivity contribution < 1.29 is 9.59 Å². The molecule has 3 fully saturated rings. The van der Waals surface area contributed by atoms with E-state index in [1.54, 1.807) is 0 Å². The number of amides is 3. The highest BCUT2D eigenvalue weighted by atomic mass is 16.2. The normalized spacial score (nSPS) is 24.2. The third-order valence-electron chi connectivity index (χ3n) is 6.64. The van der Waals surface area contributed by atoms with Crippen molar-refractivity contribution in [3.63, 3.8) is 0 Å². The molecule has 1 atom stereocenters. The number of hydrogen-bond acceptors (Lipinski definition) is 3. The number of fused-ring (bicyclic) bond motifs is 1. The van der Waals surface area contributed by atoms with Crippen molar-refractivity contribution >= 4 is 11.9 Å². The molecule has 2 saturated heterocycles. The molecule has 6 nitrogen and oxygen atoms in total. The number of benzene rings is 1. The molecular weight excluding hydrogens is 364 g/mol. The Kier molecular flexibility index (Phi) is 6.38. The largest absolute Gasteiger partial charge is 0.336 e. The topological polar surface area (TPSA) is 55.9 Å². The Morgan fingerprint density at radius 2 is 1.90 bits per heavy atom. The molecule has 0 aromatic heterocycles. The summed E-state index contributed by atoms with van der Waals surface area (Å²) >= 11 is 0. The van der Waals surface area contributed by atoms with Crippen LogP contribution in [0.3, 0.4) is 0 Å². The SMILES string of the molecule is Cc1cccc(CN2CCN3CCCN(C(=O)NC4CCCCC4)CC3C2=O)c1. The molecule has 3 amide bonds. The van der Waals surface area contributed by atoms with Crippen molar-refractivity contribution in [3.8, 4) is 0 Å². The summed E-state index contributed by atoms with van der Waals surface area (Å²) in [5, 5.41) is 3.23. The lowest BCUT2D eigenvalue weighted by Crippen LogP contribution is -2.60. The van der Waals surface area contributed by atoms with E-state index in [1.165, 1.54) is 30.4 Å². The van der Waals surface area contributed by atoms with E-state index in [0.29, 0.717) is 19.1 Å². The van der Waals surface area contributed by atoms with E-state index in [-0.39, 0.29) is 18.0 Å². The predicted octanol–water partition coefficient (Wildman–Crippen LogP) is 2.76. The van der Waals surface area contributed by atoms with Crippen LogP contribution in [0.4, 0.5) is 4.79 Å². The Labute approximate surface area is 174 Å². The monoisotopic (exact) mass is 398 g/mol. The molecule has 2 aliphatic heterocycles. The summed E-state index contributed by atoms with van der Waals surface area (Å²) in [6.07, 6.45) is 6.77. The third-order valence-corrected chi connectivity index (χ3v) is 6.64. The van der Waals surface area contributed by atoms with Crippen molar-refractivity contribution in [2.24, 2.45) is 0 Å². The van der Waals surface area contributed by atoms with Gasteiger partial charge >= 0.3 is 6.03 Å². The maximum absolute atomic E-state index is 13.3. The molecule has 1 aliphatic carbocycles. The highest BCUT2D eigenvalue weighted by molar-refractivity contribution is 5.84. The summed E-state index contributed by atoms with van der Waals surface area (Å²) in [5.41, 5.74) is 2.39. The van der Waals surface area contributed by atoms with E-state index < -0.39 is 0 Å². The predicted molar refractivity (Wildman–Crippen MR) is 114 cm³/mol. The average Bonchev–Trinajstić information content (AvgIpc) is 2.94. The highest BCUT2D eigenvalue weighted by Crippen LogP contribution is 2.21. The van der Waals surface area contributed by atoms with E-state index in [4.69, 9.17) is 0 Å². The van der Waals surface area contributed by atoms with Gasteiger partial charge in [0.05, 0.1) is 0 Å². The minimum absolute atomic E-state index is 0.0161. The Balaban J connectivity index is 1.40. The van der Waals surface area contributed by atoms with Gasteiger partial charge < -0.3 is 15.1 Å². The second-order valence-corrected chi connectivity index (χ2v) is 8.88. The maximum atomic E-state index is 13.3. The number of piperazine rings is 1. The van der Waals surface area contributed by atoms with Crippen LogP contribution in [0.1, 0.15) is 49.7 Å². The van der Waals surface area contributed by atoms with Gasteiger partial charge in [0.15, 0.2) is 0 Å². The summed E-state index contributed by atoms with van der Waals surface area (Å²) in [4.78, 5) is 32.3. The average molecular weight is 399 g/mol. The lowest BCUT2D eigenvalue weighted by atomic mass is 9.96. The van der Waals surface area contributed by atoms with Crippen LogP contribution >= 0.6 is 0 Å². The molecule has 2 heterocycles. The van der Waals surface area contributed by atoms with Gasteiger partial charge in [0.25, 0.3) is 0 Å². The summed E-state index contributed by atoms with van der Waals surface area (Å²) in [6, 6.07) is 8.47. The number of carbonyl (C=O) groups is 2. The number of rotatable bonds is 3. The van der Waals surface area contributed by atoms with Gasteiger partial charge in [-0.1, -0.05) is 49.1 Å². The van der Waals surface area contributed by atoms with Crippen LogP contribution in [0, 0.1) is 6.92 Å². The lowest BCUT2D eigenvalue weighted by Gasteiger charge is -2.40. The first-order valence-corrected chi connectivity index (χ1v) is 11.2. The number of hydrogen-bond donors (Lipinski definition) is 1. The van der Waals surface area contributed by atoms with Crippen molar-refractivity contribution in [1.82, 2.24) is 20.0 Å². The second kappa shape index (κ2) is 9.16. The molecule has 0 radical (unpaired) electrons. The first-order chi connectivity index (χ1) is 14.1. The Hall–Kier alpha value is -2.08. The van der Waals surface area contributed by atoms with Crippen LogP contribution in [0.5, 0.6) is 0 Å². The molecule has 1 unspecified atom stereocenters. The quantitative estimate of drug-likeness (QED) is 0.852. The summed E-state index contributed by atoms with van der Waals surface area (Å²) < 4.78 is 0. The molecule has 29 heavy (non-hydrogen) atoms. The van der Waals surface area contributed by atoms with Crippen LogP contribution in [-0.2, 0) is 11.3 Å². The molecule has 158 valence electrons. The molecule has 0 bridgehead atoms. The maximum Gasteiger partial charge on any atom is 0.317 e. The number of carbonyl (C=O) groups excluding carboxylic acids is 2. The van der Waals surface area contributed by atoms with Crippen molar-refractivity contribution in [1.29, 1.82) is 0 Å². The summed E-state index contributed by atoms with van der Waals surface area (Å²) in [5.74, 6) is 0.162. The molecule has 6 heteroatoms. The minimum atomic E-state index is -0.215. The smallest absolute Gasteiger partial charge is 0.317 e. The van der Waals surface area contributed by atoms with Gasteiger partial charge in [-0.05, 0) is 31.7 Å². The van der Waals surface area contributed by atoms with Gasteiger partial charge in [-0.2, -0.15) is 0 Å². The van der Waals surface area contributed by atoms with E-state index in [1.807, 2.05) is 15.9 Å². The minimum Gasteiger partial charge on any atom is -0.336 e. The van der Waals surface area contributed by atoms with Gasteiger partial charge in [-0.15, -0.1) is 0 Å². The van der Waals surface area contributed by atoms with Gasteiger partial charge in [0.1, 0.15) is 6.04 Å². The first-order valence-electron chi connectivity index (χ1n) is 11.2. The molecule has 3 aliphatic rings. The van der Waals surface area contributed by atoms with Crippen LogP contribution in [0.2, 0.25) is 0 Å². The molecule has 1 aromatic rings. The fourth-order valence-electron chi connectivity index (χ4n) is 4.99. The molecule has 1 N–H and O–H groups in total. The molecule has 4 rings (SSSR count). The van der Waals surface area contributed by atoms with E-state index in [2.05, 4.69) is 35.3 Å². The van der Waals surface area contributed by atoms with E-state index >= 15 is 0 Å². The summed E-state index contributed by atoms with van der Waals surface area (Å²) in [6.45, 7) is 6.51. The molecule has 1 aromatic carbocycles. The van der Waals surface area contributed by atoms with Crippen molar-refractivity contribution in [2.75, 3.05) is 32.7 Å². The zero-order valence-electron chi connectivity index (χ0n) is 17.6. The van der Waals surface area contributed by atoms with Crippen LogP contribution in [0.15, 0.2) is 24.3 Å². The highest BCUT2D eigenvalue weighted by Gasteiger charge is 2.38. The van der Waals surface area contributed by atoms with Gasteiger partial charge in [0.2, 0.25) is 5.91 Å². The Morgan fingerprint density at radius 3 is 2.69 bits per heavy atom. The molecular formula is C23H34N4O2. The van der Waals surface area contributed by atoms with Gasteiger partial charge in [-0.3, -0.25) is 9.69 Å². The number of urea groups is 1. The van der Waals surface area contributed by atoms with Crippen molar-refractivity contribution in [3.05, 3.63) is 35.4 Å². The standard InChI is InChI=1S/C23H34N4O2/c1-18-7-5-8-19(15-18)16-26-14-13-25-11-6-12-27(17-21(25)22(26)28)23(29)24-20-9-3-2-4-10-20/h5,7-8,15,20-21H,2-4,6,9-14,16-17H2,1H3,(H,24,29). The summed E-state index contributed by atoms with van der Waals surface area (Å²) in [7, 11) is 0. The van der Waals surface area contributed by atoms with Crippen LogP contribution < -0.4 is 5.32 Å². The number of nitrogens with one attached hydrogen (secondary N) is 1. The van der Waals surface area contributed by atoms with Crippen LogP contribution in [-0.4, -0.2) is 71.4 Å². The zero-order chi connectivity index (χ0) is 20.2.